The number of carboxylic acid groups (broad SMARTS) is 1. The number of carbonyl (C=O) groups excluding carboxylic acids is 2. The zero-order valence-electron chi connectivity index (χ0n) is 10.7. The lowest BCUT2D eigenvalue weighted by atomic mass is 10.0. The van der Waals surface area contributed by atoms with E-state index in [0.29, 0.717) is 0 Å². The molecule has 98 valence electrons. The van der Waals surface area contributed by atoms with Gasteiger partial charge >= 0.3 is 5.97 Å². The van der Waals surface area contributed by atoms with Crippen LogP contribution in [-0.2, 0) is 14.3 Å². The second-order valence-electron chi connectivity index (χ2n) is 5.55. The van der Waals surface area contributed by atoms with Gasteiger partial charge in [-0.3, -0.25) is 5.32 Å². The molecule has 2 atom stereocenters. The van der Waals surface area contributed by atoms with Crippen molar-refractivity contribution in [1.82, 2.24) is 5.32 Å². The topological polar surface area (TPSA) is 78.5 Å². The molecule has 0 aromatic rings. The van der Waals surface area contributed by atoms with Crippen LogP contribution in [-0.4, -0.2) is 33.7 Å². The maximum absolute atomic E-state index is 11.8. The molecule has 0 saturated carbocycles. The third kappa shape index (κ3) is 3.61. The predicted octanol–water partition coefficient (Wildman–Crippen LogP) is -0.112. The Bertz CT molecular complexity index is 335. The van der Waals surface area contributed by atoms with Crippen LogP contribution < -0.4 is 10.4 Å². The SMILES string of the molecule is CC(C)(C)OC(=O)[C@@H]1N[C@H](C(=O)[O-])C(C)(C)S1. The standard InChI is InChI=1S/C11H19NO4S/c1-10(2,3)16-9(15)7-12-6(8(13)14)11(4,5)17-7/h6-7,12H,1-5H3,(H,13,14)/p-1/t6-,7-/m1/s1. The predicted molar refractivity (Wildman–Crippen MR) is 63.2 cm³/mol. The van der Waals surface area contributed by atoms with Crippen LogP contribution in [0.15, 0.2) is 0 Å². The van der Waals surface area contributed by atoms with E-state index < -0.39 is 33.7 Å². The third-order valence-corrected chi connectivity index (χ3v) is 3.70. The van der Waals surface area contributed by atoms with Crippen molar-refractivity contribution in [3.63, 3.8) is 0 Å². The summed E-state index contributed by atoms with van der Waals surface area (Å²) in [5, 5.41) is 13.0. The molecular weight excluding hydrogens is 242 g/mol. The number of hydrogen-bond donors (Lipinski definition) is 1. The molecule has 6 heteroatoms. The number of rotatable bonds is 2. The van der Waals surface area contributed by atoms with Crippen LogP contribution >= 0.6 is 11.8 Å². The molecule has 0 unspecified atom stereocenters. The number of carboxylic acids is 1. The Morgan fingerprint density at radius 2 is 1.88 bits per heavy atom. The minimum Gasteiger partial charge on any atom is -0.548 e. The summed E-state index contributed by atoms with van der Waals surface area (Å²) in [5.41, 5.74) is -0.580. The summed E-state index contributed by atoms with van der Waals surface area (Å²) >= 11 is 1.25. The molecule has 1 fully saturated rings. The van der Waals surface area contributed by atoms with Crippen molar-refractivity contribution in [3.8, 4) is 0 Å². The number of ether oxygens (including phenoxy) is 1. The van der Waals surface area contributed by atoms with Gasteiger partial charge in [0, 0.05) is 4.75 Å². The van der Waals surface area contributed by atoms with E-state index in [0.717, 1.165) is 0 Å². The van der Waals surface area contributed by atoms with Crippen molar-refractivity contribution in [2.75, 3.05) is 0 Å². The second-order valence-corrected chi connectivity index (χ2v) is 7.31. The second kappa shape index (κ2) is 4.49. The quantitative estimate of drug-likeness (QED) is 0.698. The van der Waals surface area contributed by atoms with Crippen LogP contribution in [0.1, 0.15) is 34.6 Å². The van der Waals surface area contributed by atoms with E-state index >= 15 is 0 Å². The molecule has 0 bridgehead atoms. The van der Waals surface area contributed by atoms with Crippen LogP contribution in [0, 0.1) is 0 Å². The molecule has 1 saturated heterocycles. The van der Waals surface area contributed by atoms with Gasteiger partial charge in [0.2, 0.25) is 0 Å². The summed E-state index contributed by atoms with van der Waals surface area (Å²) in [6, 6.07) is -0.856. The fraction of sp³-hybridized carbons (Fsp3) is 0.818. The Morgan fingerprint density at radius 3 is 2.24 bits per heavy atom. The molecule has 0 aromatic carbocycles. The fourth-order valence-corrected chi connectivity index (χ4v) is 2.84. The zero-order valence-corrected chi connectivity index (χ0v) is 11.5. The Labute approximate surface area is 105 Å². The first-order valence-corrected chi connectivity index (χ1v) is 6.28. The first-order valence-electron chi connectivity index (χ1n) is 5.40. The van der Waals surface area contributed by atoms with Crippen molar-refractivity contribution in [2.24, 2.45) is 0 Å². The lowest BCUT2D eigenvalue weighted by Gasteiger charge is -2.25. The lowest BCUT2D eigenvalue weighted by Crippen LogP contribution is -2.52. The van der Waals surface area contributed by atoms with Gasteiger partial charge in [0.05, 0.1) is 12.0 Å². The van der Waals surface area contributed by atoms with Crippen LogP contribution in [0.2, 0.25) is 0 Å². The minimum atomic E-state index is -1.20. The van der Waals surface area contributed by atoms with Gasteiger partial charge in [-0.15, -0.1) is 11.8 Å². The number of hydrogen-bond acceptors (Lipinski definition) is 6. The molecule has 0 amide bonds. The van der Waals surface area contributed by atoms with E-state index in [9.17, 15) is 14.7 Å². The van der Waals surface area contributed by atoms with Gasteiger partial charge in [-0.1, -0.05) is 0 Å². The average molecular weight is 260 g/mol. The zero-order chi connectivity index (χ0) is 13.4. The van der Waals surface area contributed by atoms with Crippen LogP contribution in [0.5, 0.6) is 0 Å². The summed E-state index contributed by atoms with van der Waals surface area (Å²) in [7, 11) is 0. The molecule has 17 heavy (non-hydrogen) atoms. The number of aliphatic carboxylic acids is 1. The lowest BCUT2D eigenvalue weighted by molar-refractivity contribution is -0.308. The Balaban J connectivity index is 2.72. The smallest absolute Gasteiger partial charge is 0.334 e. The molecule has 0 aromatic heterocycles. The highest BCUT2D eigenvalue weighted by atomic mass is 32.2. The van der Waals surface area contributed by atoms with Gasteiger partial charge in [-0.25, -0.2) is 4.79 Å². The first kappa shape index (κ1) is 14.3. The van der Waals surface area contributed by atoms with E-state index in [1.807, 2.05) is 0 Å². The summed E-state index contributed by atoms with van der Waals surface area (Å²) in [6.45, 7) is 8.83. The van der Waals surface area contributed by atoms with Gasteiger partial charge in [0.25, 0.3) is 0 Å². The molecular formula is C11H18NO4S-. The van der Waals surface area contributed by atoms with Gasteiger partial charge in [0.15, 0.2) is 5.37 Å². The monoisotopic (exact) mass is 260 g/mol. The first-order chi connectivity index (χ1) is 7.53. The van der Waals surface area contributed by atoms with Crippen molar-refractivity contribution < 1.29 is 19.4 Å². The Morgan fingerprint density at radius 1 is 1.35 bits per heavy atom. The molecule has 5 nitrogen and oxygen atoms in total. The van der Waals surface area contributed by atoms with Gasteiger partial charge in [0.1, 0.15) is 5.60 Å². The average Bonchev–Trinajstić information content (AvgIpc) is 2.38. The third-order valence-electron chi connectivity index (χ3n) is 2.29. The summed E-state index contributed by atoms with van der Waals surface area (Å²) in [5.74, 6) is -1.65. The van der Waals surface area contributed by atoms with Crippen LogP contribution in [0.25, 0.3) is 0 Å². The molecule has 1 N–H and O–H groups in total. The number of thioether (sulfide) groups is 1. The highest BCUT2D eigenvalue weighted by Gasteiger charge is 2.45. The van der Waals surface area contributed by atoms with Crippen molar-refractivity contribution in [2.45, 2.75) is 56.4 Å². The Kier molecular flexibility index (Phi) is 3.78. The van der Waals surface area contributed by atoms with Gasteiger partial charge in [-0.05, 0) is 34.6 Å². The van der Waals surface area contributed by atoms with Crippen LogP contribution in [0.4, 0.5) is 0 Å². The van der Waals surface area contributed by atoms with E-state index in [1.54, 1.807) is 34.6 Å². The fourth-order valence-electron chi connectivity index (χ4n) is 1.58. The number of nitrogens with one attached hydrogen (secondary N) is 1. The van der Waals surface area contributed by atoms with Gasteiger partial charge in [-0.2, -0.15) is 0 Å². The van der Waals surface area contributed by atoms with Crippen molar-refractivity contribution in [1.29, 1.82) is 0 Å². The molecule has 0 spiro atoms. The molecule has 1 rings (SSSR count). The number of carbonyl (C=O) groups is 2. The summed E-state index contributed by atoms with van der Waals surface area (Å²) < 4.78 is 4.61. The van der Waals surface area contributed by atoms with Crippen LogP contribution in [0.3, 0.4) is 0 Å². The molecule has 0 radical (unpaired) electrons. The molecule has 1 heterocycles. The van der Waals surface area contributed by atoms with Gasteiger partial charge < -0.3 is 14.6 Å². The van der Waals surface area contributed by atoms with E-state index in [4.69, 9.17) is 4.74 Å². The maximum atomic E-state index is 11.8. The number of esters is 1. The van der Waals surface area contributed by atoms with Crippen molar-refractivity contribution in [3.05, 3.63) is 0 Å². The molecule has 1 aliphatic rings. The minimum absolute atomic E-state index is 0.445. The molecule has 0 aliphatic carbocycles. The van der Waals surface area contributed by atoms with E-state index in [1.165, 1.54) is 11.8 Å². The van der Waals surface area contributed by atoms with E-state index in [2.05, 4.69) is 5.32 Å². The van der Waals surface area contributed by atoms with E-state index in [-0.39, 0.29) is 0 Å². The van der Waals surface area contributed by atoms with Crippen molar-refractivity contribution >= 4 is 23.7 Å². The highest BCUT2D eigenvalue weighted by Crippen LogP contribution is 2.38. The summed E-state index contributed by atoms with van der Waals surface area (Å²) in [6.07, 6.45) is 0. The molecule has 1 aliphatic heterocycles. The largest absolute Gasteiger partial charge is 0.548 e. The Hall–Kier alpha value is -0.750. The highest BCUT2D eigenvalue weighted by molar-refractivity contribution is 8.02. The maximum Gasteiger partial charge on any atom is 0.334 e. The normalized spacial score (nSPS) is 27.8. The summed E-state index contributed by atoms with van der Waals surface area (Å²) in [4.78, 5) is 22.7.